The summed E-state index contributed by atoms with van der Waals surface area (Å²) in [4.78, 5) is 17.0. The number of nitrogens with one attached hydrogen (secondary N) is 1. The van der Waals surface area contributed by atoms with Gasteiger partial charge in [0.2, 0.25) is 0 Å². The van der Waals surface area contributed by atoms with Gasteiger partial charge in [0.05, 0.1) is 17.6 Å². The van der Waals surface area contributed by atoms with Gasteiger partial charge in [0, 0.05) is 19.5 Å². The predicted octanol–water partition coefficient (Wildman–Crippen LogP) is 5.64. The summed E-state index contributed by atoms with van der Waals surface area (Å²) < 4.78 is 13.8. The first-order valence-corrected chi connectivity index (χ1v) is 12.7. The van der Waals surface area contributed by atoms with Gasteiger partial charge in [0.1, 0.15) is 17.3 Å². The molecule has 0 saturated carbocycles. The molecule has 36 heavy (non-hydrogen) atoms. The Morgan fingerprint density at radius 2 is 1.61 bits per heavy atom. The van der Waals surface area contributed by atoms with E-state index in [1.807, 2.05) is 36.4 Å². The van der Waals surface area contributed by atoms with Crippen molar-refractivity contribution in [2.75, 3.05) is 19.8 Å². The lowest BCUT2D eigenvalue weighted by Crippen LogP contribution is -2.30. The maximum absolute atomic E-state index is 12.1. The van der Waals surface area contributed by atoms with E-state index in [0.29, 0.717) is 18.9 Å². The second-order valence-corrected chi connectivity index (χ2v) is 9.10. The van der Waals surface area contributed by atoms with E-state index < -0.39 is 0 Å². The van der Waals surface area contributed by atoms with Crippen LogP contribution in [0, 0.1) is 13.8 Å². The van der Waals surface area contributed by atoms with Crippen LogP contribution < -0.4 is 14.8 Å². The fourth-order valence-corrected chi connectivity index (χ4v) is 4.33. The van der Waals surface area contributed by atoms with E-state index in [0.717, 1.165) is 54.8 Å². The maximum atomic E-state index is 12.1. The molecule has 0 unspecified atom stereocenters. The molecule has 0 bridgehead atoms. The SMILES string of the molecule is Cc1cc(C)cc(OCCCCn2c(CCCNC(=O)COc3ccccc3)nc3ccccc32)c1. The molecule has 0 saturated heterocycles. The zero-order chi connectivity index (χ0) is 25.2. The summed E-state index contributed by atoms with van der Waals surface area (Å²) in [5.41, 5.74) is 4.61. The number of aromatic nitrogens is 2. The maximum Gasteiger partial charge on any atom is 0.257 e. The molecule has 4 aromatic rings. The number of unbranched alkanes of at least 4 members (excludes halogenated alkanes) is 1. The first kappa shape index (κ1) is 25.3. The summed E-state index contributed by atoms with van der Waals surface area (Å²) in [6, 6.07) is 24.0. The molecule has 0 radical (unpaired) electrons. The monoisotopic (exact) mass is 485 g/mol. The molecule has 0 aliphatic rings. The number of aryl methyl sites for hydroxylation is 4. The fourth-order valence-electron chi connectivity index (χ4n) is 4.33. The van der Waals surface area contributed by atoms with Gasteiger partial charge in [-0.25, -0.2) is 4.98 Å². The van der Waals surface area contributed by atoms with Crippen molar-refractivity contribution in [1.82, 2.24) is 14.9 Å². The summed E-state index contributed by atoms with van der Waals surface area (Å²) in [5.74, 6) is 2.58. The van der Waals surface area contributed by atoms with E-state index >= 15 is 0 Å². The van der Waals surface area contributed by atoms with E-state index in [2.05, 4.69) is 60.1 Å². The Kier molecular flexibility index (Phi) is 8.98. The minimum absolute atomic E-state index is 0.0206. The summed E-state index contributed by atoms with van der Waals surface area (Å²) in [6.07, 6.45) is 3.59. The van der Waals surface area contributed by atoms with Gasteiger partial charge in [0.15, 0.2) is 6.61 Å². The van der Waals surface area contributed by atoms with Gasteiger partial charge in [-0.3, -0.25) is 4.79 Å². The minimum atomic E-state index is -0.115. The van der Waals surface area contributed by atoms with Crippen LogP contribution in [-0.4, -0.2) is 35.2 Å². The van der Waals surface area contributed by atoms with Gasteiger partial charge in [-0.2, -0.15) is 0 Å². The molecule has 1 heterocycles. The lowest BCUT2D eigenvalue weighted by atomic mass is 10.1. The Hall–Kier alpha value is -3.80. The molecule has 1 amide bonds. The molecule has 0 atom stereocenters. The highest BCUT2D eigenvalue weighted by Crippen LogP contribution is 2.19. The number of amides is 1. The Labute approximate surface area is 213 Å². The number of fused-ring (bicyclic) bond motifs is 1. The van der Waals surface area contributed by atoms with Crippen molar-refractivity contribution in [2.45, 2.75) is 46.1 Å². The molecule has 6 heteroatoms. The summed E-state index contributed by atoms with van der Waals surface area (Å²) in [5, 5.41) is 2.94. The van der Waals surface area contributed by atoms with Crippen LogP contribution in [0.5, 0.6) is 11.5 Å². The molecular weight excluding hydrogens is 450 g/mol. The fraction of sp³-hybridized carbons (Fsp3) is 0.333. The van der Waals surface area contributed by atoms with Crippen LogP contribution >= 0.6 is 0 Å². The number of imidazole rings is 1. The van der Waals surface area contributed by atoms with E-state index in [-0.39, 0.29) is 12.5 Å². The molecule has 0 aliphatic heterocycles. The lowest BCUT2D eigenvalue weighted by molar-refractivity contribution is -0.123. The van der Waals surface area contributed by atoms with Gasteiger partial charge < -0.3 is 19.4 Å². The van der Waals surface area contributed by atoms with Gasteiger partial charge in [0.25, 0.3) is 5.91 Å². The van der Waals surface area contributed by atoms with Crippen LogP contribution in [0.3, 0.4) is 0 Å². The van der Waals surface area contributed by atoms with Crippen LogP contribution in [0.15, 0.2) is 72.8 Å². The Bertz CT molecular complexity index is 1250. The van der Waals surface area contributed by atoms with Crippen LogP contribution in [0.25, 0.3) is 11.0 Å². The van der Waals surface area contributed by atoms with Crippen LogP contribution in [0.2, 0.25) is 0 Å². The highest BCUT2D eigenvalue weighted by molar-refractivity contribution is 5.77. The van der Waals surface area contributed by atoms with Crippen molar-refractivity contribution < 1.29 is 14.3 Å². The molecule has 0 aliphatic carbocycles. The van der Waals surface area contributed by atoms with Crippen LogP contribution in [-0.2, 0) is 17.8 Å². The molecular formula is C30H35N3O3. The van der Waals surface area contributed by atoms with Gasteiger partial charge in [-0.05, 0) is 80.6 Å². The first-order valence-electron chi connectivity index (χ1n) is 12.7. The van der Waals surface area contributed by atoms with E-state index in [1.54, 1.807) is 0 Å². The van der Waals surface area contributed by atoms with Gasteiger partial charge >= 0.3 is 0 Å². The van der Waals surface area contributed by atoms with E-state index in [4.69, 9.17) is 14.5 Å². The number of nitrogens with zero attached hydrogens (tertiary/aromatic N) is 2. The molecule has 188 valence electrons. The number of rotatable bonds is 13. The number of benzene rings is 3. The van der Waals surface area contributed by atoms with E-state index in [1.165, 1.54) is 11.1 Å². The zero-order valence-electron chi connectivity index (χ0n) is 21.2. The van der Waals surface area contributed by atoms with Crippen molar-refractivity contribution in [3.63, 3.8) is 0 Å². The quantitative estimate of drug-likeness (QED) is 0.249. The zero-order valence-corrected chi connectivity index (χ0v) is 21.2. The summed E-state index contributed by atoms with van der Waals surface area (Å²) >= 11 is 0. The highest BCUT2D eigenvalue weighted by Gasteiger charge is 2.11. The van der Waals surface area contributed by atoms with Crippen molar-refractivity contribution in [3.05, 3.63) is 89.7 Å². The minimum Gasteiger partial charge on any atom is -0.494 e. The average molecular weight is 486 g/mol. The molecule has 4 rings (SSSR count). The number of carbonyl (C=O) groups excluding carboxylic acids is 1. The third-order valence-corrected chi connectivity index (χ3v) is 5.99. The molecule has 1 N–H and O–H groups in total. The second-order valence-electron chi connectivity index (χ2n) is 9.10. The number of hydrogen-bond acceptors (Lipinski definition) is 4. The number of ether oxygens (including phenoxy) is 2. The molecule has 3 aromatic carbocycles. The van der Waals surface area contributed by atoms with Gasteiger partial charge in [-0.1, -0.05) is 36.4 Å². The summed E-state index contributed by atoms with van der Waals surface area (Å²) in [7, 11) is 0. The number of para-hydroxylation sites is 3. The second kappa shape index (κ2) is 12.8. The smallest absolute Gasteiger partial charge is 0.257 e. The van der Waals surface area contributed by atoms with Crippen molar-refractivity contribution >= 4 is 16.9 Å². The standard InChI is InChI=1S/C30H35N3O3/c1-23-19-24(2)21-26(20-23)35-18-9-8-17-33-28-14-7-6-13-27(28)32-29(33)15-10-16-31-30(34)22-36-25-11-4-3-5-12-25/h3-7,11-14,19-21H,8-10,15-18,22H2,1-2H3,(H,31,34). The van der Waals surface area contributed by atoms with E-state index in [9.17, 15) is 4.79 Å². The molecule has 0 spiro atoms. The first-order chi connectivity index (χ1) is 17.6. The van der Waals surface area contributed by atoms with Crippen LogP contribution in [0.4, 0.5) is 0 Å². The normalized spacial score (nSPS) is 10.9. The molecule has 1 aromatic heterocycles. The Morgan fingerprint density at radius 3 is 2.42 bits per heavy atom. The van der Waals surface area contributed by atoms with Gasteiger partial charge in [-0.15, -0.1) is 0 Å². The number of carbonyl (C=O) groups is 1. The van der Waals surface area contributed by atoms with Crippen molar-refractivity contribution in [1.29, 1.82) is 0 Å². The predicted molar refractivity (Wildman–Crippen MR) is 144 cm³/mol. The third-order valence-electron chi connectivity index (χ3n) is 5.99. The Morgan fingerprint density at radius 1 is 0.861 bits per heavy atom. The Balaban J connectivity index is 1.24. The van der Waals surface area contributed by atoms with Crippen molar-refractivity contribution in [3.8, 4) is 11.5 Å². The highest BCUT2D eigenvalue weighted by atomic mass is 16.5. The average Bonchev–Trinajstić information content (AvgIpc) is 3.22. The molecule has 6 nitrogen and oxygen atoms in total. The lowest BCUT2D eigenvalue weighted by Gasteiger charge is -2.11. The molecule has 0 fully saturated rings. The van der Waals surface area contributed by atoms with Crippen molar-refractivity contribution in [2.24, 2.45) is 0 Å². The largest absolute Gasteiger partial charge is 0.494 e. The topological polar surface area (TPSA) is 65.4 Å². The number of hydrogen-bond donors (Lipinski definition) is 1. The summed E-state index contributed by atoms with van der Waals surface area (Å²) in [6.45, 7) is 6.38. The van der Waals surface area contributed by atoms with Crippen LogP contribution in [0.1, 0.15) is 36.2 Å². The third kappa shape index (κ3) is 7.35.